The predicted molar refractivity (Wildman–Crippen MR) is 110 cm³/mol. The van der Waals surface area contributed by atoms with Gasteiger partial charge in [-0.05, 0) is 41.1 Å². The highest BCUT2D eigenvalue weighted by molar-refractivity contribution is 9.10. The highest BCUT2D eigenvalue weighted by Crippen LogP contribution is 2.29. The van der Waals surface area contributed by atoms with Crippen LogP contribution in [-0.4, -0.2) is 24.5 Å². The Hall–Kier alpha value is -3.58. The first-order valence-corrected chi connectivity index (χ1v) is 9.33. The minimum Gasteiger partial charge on any atom is -0.382 e. The van der Waals surface area contributed by atoms with Crippen molar-refractivity contribution < 1.29 is 4.39 Å². The molecule has 1 atom stereocenters. The fourth-order valence-corrected chi connectivity index (χ4v) is 3.39. The molecule has 0 spiro atoms. The van der Waals surface area contributed by atoms with Crippen molar-refractivity contribution in [2.45, 2.75) is 13.0 Å². The van der Waals surface area contributed by atoms with Gasteiger partial charge in [0.15, 0.2) is 0 Å². The number of nitrogens with one attached hydrogen (secondary N) is 1. The molecule has 8 nitrogen and oxygen atoms in total. The SMILES string of the molecule is CC(Nc1ncnc(N)c1C#N)c1nc2ccc(F)cc2n1-c1cncc(Br)c1. The highest BCUT2D eigenvalue weighted by Gasteiger charge is 2.21. The fourth-order valence-electron chi connectivity index (χ4n) is 3.04. The smallest absolute Gasteiger partial charge is 0.150 e. The van der Waals surface area contributed by atoms with Gasteiger partial charge in [-0.3, -0.25) is 9.55 Å². The number of imidazole rings is 1. The van der Waals surface area contributed by atoms with Crippen molar-refractivity contribution in [1.29, 1.82) is 5.26 Å². The lowest BCUT2D eigenvalue weighted by atomic mass is 10.2. The molecule has 0 aliphatic heterocycles. The number of nitriles is 1. The van der Waals surface area contributed by atoms with Crippen molar-refractivity contribution in [3.05, 3.63) is 64.7 Å². The first kappa shape index (κ1) is 18.8. The van der Waals surface area contributed by atoms with Gasteiger partial charge in [0.1, 0.15) is 41.2 Å². The van der Waals surface area contributed by atoms with Gasteiger partial charge in [-0.1, -0.05) is 0 Å². The van der Waals surface area contributed by atoms with Gasteiger partial charge >= 0.3 is 0 Å². The molecule has 29 heavy (non-hydrogen) atoms. The number of rotatable bonds is 4. The molecule has 0 aliphatic carbocycles. The minimum absolute atomic E-state index is 0.0870. The van der Waals surface area contributed by atoms with E-state index in [1.165, 1.54) is 18.5 Å². The van der Waals surface area contributed by atoms with Crippen molar-refractivity contribution in [2.75, 3.05) is 11.1 Å². The molecule has 3 N–H and O–H groups in total. The van der Waals surface area contributed by atoms with E-state index in [1.54, 1.807) is 18.5 Å². The molecule has 3 aromatic heterocycles. The third kappa shape index (κ3) is 3.48. The van der Waals surface area contributed by atoms with E-state index < -0.39 is 6.04 Å². The number of fused-ring (bicyclic) bond motifs is 1. The lowest BCUT2D eigenvalue weighted by Gasteiger charge is -2.17. The number of halogens is 2. The summed E-state index contributed by atoms with van der Waals surface area (Å²) in [6.07, 6.45) is 4.60. The van der Waals surface area contributed by atoms with Crippen LogP contribution in [-0.2, 0) is 0 Å². The summed E-state index contributed by atoms with van der Waals surface area (Å²) in [5.74, 6) is 0.601. The lowest BCUT2D eigenvalue weighted by molar-refractivity contribution is 0.629. The molecule has 0 radical (unpaired) electrons. The number of nitrogen functional groups attached to an aromatic ring is 1. The molecule has 10 heteroatoms. The molecular formula is C19H14BrFN8. The predicted octanol–water partition coefficient (Wildman–Crippen LogP) is 3.74. The second-order valence-corrected chi connectivity index (χ2v) is 7.18. The van der Waals surface area contributed by atoms with Crippen molar-refractivity contribution in [3.8, 4) is 11.8 Å². The number of hydrogen-bond acceptors (Lipinski definition) is 7. The maximum atomic E-state index is 14.0. The second-order valence-electron chi connectivity index (χ2n) is 6.26. The summed E-state index contributed by atoms with van der Waals surface area (Å²) >= 11 is 3.42. The van der Waals surface area contributed by atoms with Gasteiger partial charge in [-0.15, -0.1) is 0 Å². The quantitative estimate of drug-likeness (QED) is 0.483. The molecule has 1 aromatic carbocycles. The van der Waals surface area contributed by atoms with Crippen LogP contribution in [0.2, 0.25) is 0 Å². The molecule has 4 rings (SSSR count). The molecule has 0 aliphatic rings. The van der Waals surface area contributed by atoms with Crippen molar-refractivity contribution >= 4 is 38.6 Å². The highest BCUT2D eigenvalue weighted by atomic mass is 79.9. The van der Waals surface area contributed by atoms with E-state index in [4.69, 9.17) is 5.73 Å². The zero-order valence-corrected chi connectivity index (χ0v) is 16.7. The summed E-state index contributed by atoms with van der Waals surface area (Å²) in [4.78, 5) is 16.8. The van der Waals surface area contributed by atoms with Crippen molar-refractivity contribution in [2.24, 2.45) is 0 Å². The Morgan fingerprint density at radius 2 is 2.10 bits per heavy atom. The standard InChI is InChI=1S/C19H14BrFN8/c1-10(27-18-14(6-22)17(23)25-9-26-18)19-28-15-3-2-12(21)5-16(15)29(19)13-4-11(20)7-24-8-13/h2-5,7-10H,1H3,(H3,23,25,26,27). The molecule has 0 saturated carbocycles. The number of pyridine rings is 1. The van der Waals surface area contributed by atoms with E-state index in [1.807, 2.05) is 23.6 Å². The summed E-state index contributed by atoms with van der Waals surface area (Å²) in [5, 5.41) is 12.5. The normalized spacial score (nSPS) is 11.9. The van der Waals surface area contributed by atoms with Gasteiger partial charge in [0.25, 0.3) is 0 Å². The number of hydrogen-bond donors (Lipinski definition) is 2. The van der Waals surface area contributed by atoms with Crippen LogP contribution in [0.5, 0.6) is 0 Å². The zero-order chi connectivity index (χ0) is 20.5. The first-order valence-electron chi connectivity index (χ1n) is 8.54. The summed E-state index contributed by atoms with van der Waals surface area (Å²) in [6, 6.07) is 7.86. The van der Waals surface area contributed by atoms with E-state index >= 15 is 0 Å². The van der Waals surface area contributed by atoms with E-state index in [0.717, 1.165) is 4.47 Å². The van der Waals surface area contributed by atoms with Crippen LogP contribution in [0.25, 0.3) is 16.7 Å². The van der Waals surface area contributed by atoms with Gasteiger partial charge in [0.2, 0.25) is 0 Å². The van der Waals surface area contributed by atoms with Crippen LogP contribution in [0.15, 0.2) is 47.5 Å². The lowest BCUT2D eigenvalue weighted by Crippen LogP contribution is -2.15. The van der Waals surface area contributed by atoms with Crippen LogP contribution in [0.4, 0.5) is 16.0 Å². The van der Waals surface area contributed by atoms with Crippen LogP contribution < -0.4 is 11.1 Å². The Labute approximate surface area is 173 Å². The first-order chi connectivity index (χ1) is 14.0. The Morgan fingerprint density at radius 3 is 2.86 bits per heavy atom. The maximum Gasteiger partial charge on any atom is 0.150 e. The molecule has 0 saturated heterocycles. The summed E-state index contributed by atoms with van der Waals surface area (Å²) in [7, 11) is 0. The van der Waals surface area contributed by atoms with Gasteiger partial charge in [0.05, 0.1) is 29.0 Å². The van der Waals surface area contributed by atoms with Gasteiger partial charge < -0.3 is 11.1 Å². The number of aromatic nitrogens is 5. The van der Waals surface area contributed by atoms with Crippen LogP contribution in [0.1, 0.15) is 24.4 Å². The van der Waals surface area contributed by atoms with E-state index in [2.05, 4.69) is 41.2 Å². The third-order valence-corrected chi connectivity index (χ3v) is 4.75. The Balaban J connectivity index is 1.87. The minimum atomic E-state index is -0.397. The maximum absolute atomic E-state index is 14.0. The summed E-state index contributed by atoms with van der Waals surface area (Å²) in [6.45, 7) is 1.86. The molecule has 0 bridgehead atoms. The summed E-state index contributed by atoms with van der Waals surface area (Å²) < 4.78 is 16.5. The largest absolute Gasteiger partial charge is 0.382 e. The van der Waals surface area contributed by atoms with Crippen LogP contribution >= 0.6 is 15.9 Å². The summed E-state index contributed by atoms with van der Waals surface area (Å²) in [5.41, 5.74) is 7.85. The van der Waals surface area contributed by atoms with Crippen LogP contribution in [0.3, 0.4) is 0 Å². The molecule has 0 amide bonds. The number of nitrogens with zero attached hydrogens (tertiary/aromatic N) is 6. The third-order valence-electron chi connectivity index (χ3n) is 4.32. The van der Waals surface area contributed by atoms with E-state index in [0.29, 0.717) is 28.4 Å². The Kier molecular flexibility index (Phi) is 4.82. The zero-order valence-electron chi connectivity index (χ0n) is 15.1. The average Bonchev–Trinajstić information content (AvgIpc) is 3.07. The number of anilines is 2. The fraction of sp³-hybridized carbons (Fsp3) is 0.105. The van der Waals surface area contributed by atoms with Gasteiger partial charge in [0, 0.05) is 16.7 Å². The molecular weight excluding hydrogens is 439 g/mol. The molecule has 0 fully saturated rings. The van der Waals surface area contributed by atoms with Crippen LogP contribution in [0, 0.1) is 17.1 Å². The van der Waals surface area contributed by atoms with E-state index in [9.17, 15) is 9.65 Å². The Bertz CT molecular complexity index is 1260. The molecule has 1 unspecified atom stereocenters. The molecule has 4 aromatic rings. The molecule has 3 heterocycles. The monoisotopic (exact) mass is 452 g/mol. The van der Waals surface area contributed by atoms with Crippen molar-refractivity contribution in [3.63, 3.8) is 0 Å². The van der Waals surface area contributed by atoms with Crippen molar-refractivity contribution in [1.82, 2.24) is 24.5 Å². The average molecular weight is 453 g/mol. The Morgan fingerprint density at radius 1 is 1.28 bits per heavy atom. The number of benzene rings is 1. The topological polar surface area (TPSA) is 118 Å². The number of nitrogens with two attached hydrogens (primary N) is 1. The van der Waals surface area contributed by atoms with Gasteiger partial charge in [-0.25, -0.2) is 19.3 Å². The van der Waals surface area contributed by atoms with Gasteiger partial charge in [-0.2, -0.15) is 5.26 Å². The second kappa shape index (κ2) is 7.44. The molecule has 144 valence electrons. The van der Waals surface area contributed by atoms with E-state index in [-0.39, 0.29) is 17.2 Å².